The maximum atomic E-state index is 12.6. The summed E-state index contributed by atoms with van der Waals surface area (Å²) >= 11 is 1.55. The first-order chi connectivity index (χ1) is 15.2. The Bertz CT molecular complexity index is 1260. The Balaban J connectivity index is 1.31. The van der Waals surface area contributed by atoms with E-state index in [2.05, 4.69) is 65.5 Å². The molecule has 0 saturated carbocycles. The number of aryl methyl sites for hydroxylation is 1. The zero-order valence-electron chi connectivity index (χ0n) is 17.1. The van der Waals surface area contributed by atoms with Gasteiger partial charge >= 0.3 is 0 Å². The Kier molecular flexibility index (Phi) is 5.30. The molecule has 0 radical (unpaired) electrons. The molecule has 0 spiro atoms. The fourth-order valence-corrected chi connectivity index (χ4v) is 4.63. The normalized spacial score (nSPS) is 12.3. The van der Waals surface area contributed by atoms with Gasteiger partial charge in [0.1, 0.15) is 0 Å². The molecule has 5 rings (SSSR count). The van der Waals surface area contributed by atoms with Crippen molar-refractivity contribution in [2.75, 3.05) is 17.9 Å². The molecule has 1 aliphatic heterocycles. The fourth-order valence-electron chi connectivity index (χ4n) is 3.74. The Morgan fingerprint density at radius 2 is 1.84 bits per heavy atom. The Morgan fingerprint density at radius 3 is 2.74 bits per heavy atom. The number of aromatic nitrogens is 1. The van der Waals surface area contributed by atoms with E-state index in [-0.39, 0.29) is 12.7 Å². The van der Waals surface area contributed by atoms with Crippen LogP contribution in [0.25, 0.3) is 10.9 Å². The number of thioether (sulfide) groups is 1. The summed E-state index contributed by atoms with van der Waals surface area (Å²) in [6, 6.07) is 22.2. The maximum Gasteiger partial charge on any atom is 0.234 e. The maximum absolute atomic E-state index is 12.6. The minimum Gasteiger partial charge on any atom is -0.454 e. The fraction of sp³-hybridized carbons (Fsp3) is 0.160. The molecule has 1 amide bonds. The lowest BCUT2D eigenvalue weighted by atomic mass is 10.1. The van der Waals surface area contributed by atoms with Gasteiger partial charge in [-0.1, -0.05) is 42.5 Å². The van der Waals surface area contributed by atoms with Crippen LogP contribution < -0.4 is 14.8 Å². The number of anilines is 1. The molecule has 2 heterocycles. The molecule has 31 heavy (non-hydrogen) atoms. The Labute approximate surface area is 185 Å². The van der Waals surface area contributed by atoms with Crippen molar-refractivity contribution in [3.63, 3.8) is 0 Å². The van der Waals surface area contributed by atoms with Gasteiger partial charge in [-0.3, -0.25) is 4.79 Å². The van der Waals surface area contributed by atoms with Gasteiger partial charge in [-0.2, -0.15) is 0 Å². The molecule has 156 valence electrons. The number of hydrogen-bond donors (Lipinski definition) is 1. The predicted octanol–water partition coefficient (Wildman–Crippen LogP) is 5.46. The van der Waals surface area contributed by atoms with Crippen molar-refractivity contribution in [3.05, 3.63) is 84.1 Å². The highest BCUT2D eigenvalue weighted by molar-refractivity contribution is 8.00. The van der Waals surface area contributed by atoms with E-state index in [1.54, 1.807) is 17.8 Å². The standard InChI is InChI=1S/C25H22N2O3S/c1-17-6-2-3-7-18(17)13-27-14-24(20-8-4-5-9-21(20)27)31-15-25(28)26-19-10-11-22-23(12-19)30-16-29-22/h2-12,14H,13,15-16H2,1H3,(H,26,28). The van der Waals surface area contributed by atoms with Crippen LogP contribution in [0.1, 0.15) is 11.1 Å². The average Bonchev–Trinajstić information content (AvgIpc) is 3.38. The molecule has 1 aromatic heterocycles. The summed E-state index contributed by atoms with van der Waals surface area (Å²) in [5, 5.41) is 4.11. The van der Waals surface area contributed by atoms with Crippen molar-refractivity contribution >= 4 is 34.3 Å². The van der Waals surface area contributed by atoms with E-state index >= 15 is 0 Å². The van der Waals surface area contributed by atoms with Crippen LogP contribution in [0.2, 0.25) is 0 Å². The largest absolute Gasteiger partial charge is 0.454 e. The third kappa shape index (κ3) is 4.11. The molecule has 4 aromatic rings. The lowest BCUT2D eigenvalue weighted by molar-refractivity contribution is -0.113. The van der Waals surface area contributed by atoms with Gasteiger partial charge in [0.05, 0.1) is 5.75 Å². The summed E-state index contributed by atoms with van der Waals surface area (Å²) in [6.07, 6.45) is 2.15. The quantitative estimate of drug-likeness (QED) is 0.413. The number of nitrogens with one attached hydrogen (secondary N) is 1. The number of para-hydroxylation sites is 1. The van der Waals surface area contributed by atoms with Gasteiger partial charge in [0.2, 0.25) is 12.7 Å². The molecule has 3 aromatic carbocycles. The highest BCUT2D eigenvalue weighted by Gasteiger charge is 2.15. The van der Waals surface area contributed by atoms with Crippen LogP contribution in [0.15, 0.2) is 77.8 Å². The topological polar surface area (TPSA) is 52.5 Å². The number of amides is 1. The minimum absolute atomic E-state index is 0.0559. The zero-order valence-corrected chi connectivity index (χ0v) is 17.9. The van der Waals surface area contributed by atoms with Crippen molar-refractivity contribution in [1.29, 1.82) is 0 Å². The number of fused-ring (bicyclic) bond motifs is 2. The SMILES string of the molecule is Cc1ccccc1Cn1cc(SCC(=O)Nc2ccc3c(c2)OCO3)c2ccccc21. The third-order valence-electron chi connectivity index (χ3n) is 5.37. The Hall–Kier alpha value is -3.38. The van der Waals surface area contributed by atoms with Gasteiger partial charge in [0, 0.05) is 40.3 Å². The lowest BCUT2D eigenvalue weighted by Gasteiger charge is -2.08. The minimum atomic E-state index is -0.0559. The molecule has 0 bridgehead atoms. The molecule has 0 saturated heterocycles. The Morgan fingerprint density at radius 1 is 1.03 bits per heavy atom. The highest BCUT2D eigenvalue weighted by Crippen LogP contribution is 2.35. The molecule has 0 fully saturated rings. The van der Waals surface area contributed by atoms with E-state index in [9.17, 15) is 4.79 Å². The van der Waals surface area contributed by atoms with E-state index in [4.69, 9.17) is 9.47 Å². The summed E-state index contributed by atoms with van der Waals surface area (Å²) < 4.78 is 13.0. The van der Waals surface area contributed by atoms with Crippen molar-refractivity contribution in [2.45, 2.75) is 18.4 Å². The first-order valence-electron chi connectivity index (χ1n) is 10.1. The van der Waals surface area contributed by atoms with Gasteiger partial charge in [-0.25, -0.2) is 0 Å². The van der Waals surface area contributed by atoms with Gasteiger partial charge in [0.15, 0.2) is 11.5 Å². The van der Waals surface area contributed by atoms with Crippen molar-refractivity contribution < 1.29 is 14.3 Å². The van der Waals surface area contributed by atoms with Crippen molar-refractivity contribution in [1.82, 2.24) is 4.57 Å². The molecule has 1 aliphatic rings. The second kappa shape index (κ2) is 8.40. The average molecular weight is 431 g/mol. The van der Waals surface area contributed by atoms with Crippen LogP contribution in [0.3, 0.4) is 0 Å². The molecular weight excluding hydrogens is 408 g/mol. The summed E-state index contributed by atoms with van der Waals surface area (Å²) in [4.78, 5) is 13.7. The van der Waals surface area contributed by atoms with Crippen LogP contribution in [0, 0.1) is 6.92 Å². The summed E-state index contributed by atoms with van der Waals surface area (Å²) in [6.45, 7) is 3.16. The summed E-state index contributed by atoms with van der Waals surface area (Å²) in [5.74, 6) is 1.63. The first kappa shape index (κ1) is 19.6. The monoisotopic (exact) mass is 430 g/mol. The molecule has 0 unspecified atom stereocenters. The molecule has 1 N–H and O–H groups in total. The zero-order chi connectivity index (χ0) is 21.2. The number of hydrogen-bond acceptors (Lipinski definition) is 4. The van der Waals surface area contributed by atoms with Crippen LogP contribution in [0.5, 0.6) is 11.5 Å². The van der Waals surface area contributed by atoms with E-state index in [0.29, 0.717) is 22.9 Å². The number of benzene rings is 3. The van der Waals surface area contributed by atoms with Gasteiger partial charge in [-0.15, -0.1) is 11.8 Å². The highest BCUT2D eigenvalue weighted by atomic mass is 32.2. The predicted molar refractivity (Wildman–Crippen MR) is 124 cm³/mol. The first-order valence-corrected chi connectivity index (χ1v) is 11.1. The van der Waals surface area contributed by atoms with E-state index < -0.39 is 0 Å². The molecule has 0 atom stereocenters. The number of carbonyl (C=O) groups is 1. The molecule has 0 aliphatic carbocycles. The van der Waals surface area contributed by atoms with Crippen LogP contribution in [-0.2, 0) is 11.3 Å². The third-order valence-corrected chi connectivity index (χ3v) is 6.41. The van der Waals surface area contributed by atoms with Crippen molar-refractivity contribution in [2.24, 2.45) is 0 Å². The lowest BCUT2D eigenvalue weighted by Crippen LogP contribution is -2.13. The molecular formula is C25H22N2O3S. The van der Waals surface area contributed by atoms with Gasteiger partial charge < -0.3 is 19.4 Å². The number of ether oxygens (including phenoxy) is 2. The van der Waals surface area contributed by atoms with E-state index in [0.717, 1.165) is 16.8 Å². The van der Waals surface area contributed by atoms with E-state index in [1.165, 1.54) is 16.6 Å². The van der Waals surface area contributed by atoms with Gasteiger partial charge in [-0.05, 0) is 36.2 Å². The second-order valence-corrected chi connectivity index (χ2v) is 8.49. The molecule has 6 heteroatoms. The number of carbonyl (C=O) groups excluding carboxylic acids is 1. The van der Waals surface area contributed by atoms with Crippen LogP contribution >= 0.6 is 11.8 Å². The number of nitrogens with zero attached hydrogens (tertiary/aromatic N) is 1. The van der Waals surface area contributed by atoms with Gasteiger partial charge in [0.25, 0.3) is 0 Å². The summed E-state index contributed by atoms with van der Waals surface area (Å²) in [7, 11) is 0. The van der Waals surface area contributed by atoms with Crippen LogP contribution in [0.4, 0.5) is 5.69 Å². The van der Waals surface area contributed by atoms with Crippen molar-refractivity contribution in [3.8, 4) is 11.5 Å². The summed E-state index contributed by atoms with van der Waals surface area (Å²) in [5.41, 5.74) is 4.44. The van der Waals surface area contributed by atoms with Crippen LogP contribution in [-0.4, -0.2) is 23.0 Å². The number of rotatable bonds is 6. The smallest absolute Gasteiger partial charge is 0.234 e. The molecule has 5 nitrogen and oxygen atoms in total. The second-order valence-electron chi connectivity index (χ2n) is 7.47. The van der Waals surface area contributed by atoms with E-state index in [1.807, 2.05) is 18.2 Å².